The number of carbonyl (C=O) groups excluding carboxylic acids is 5. The number of esters is 4. The summed E-state index contributed by atoms with van der Waals surface area (Å²) in [7, 11) is 0. The zero-order chi connectivity index (χ0) is 27.7. The van der Waals surface area contributed by atoms with Crippen molar-refractivity contribution >= 4 is 47.1 Å². The van der Waals surface area contributed by atoms with Crippen molar-refractivity contribution in [3.05, 3.63) is 29.8 Å². The summed E-state index contributed by atoms with van der Waals surface area (Å²) in [6.07, 6.45) is -6.63. The smallest absolute Gasteiger partial charge is 0.303 e. The molecule has 1 aromatic rings. The molecule has 202 valence electrons. The van der Waals surface area contributed by atoms with Crippen LogP contribution in [0.4, 0.5) is 0 Å². The topological polar surface area (TPSA) is 188 Å². The first-order chi connectivity index (χ1) is 17.4. The van der Waals surface area contributed by atoms with E-state index in [0.29, 0.717) is 0 Å². The molecule has 0 bridgehead atoms. The number of thiocarbonyl (C=S) groups is 1. The second kappa shape index (κ2) is 13.4. The van der Waals surface area contributed by atoms with Crippen LogP contribution in [0.1, 0.15) is 38.1 Å². The Morgan fingerprint density at radius 2 is 1.43 bits per heavy atom. The maximum atomic E-state index is 12.3. The molecule has 1 aliphatic heterocycles. The van der Waals surface area contributed by atoms with Gasteiger partial charge in [0.2, 0.25) is 0 Å². The number of rotatable bonds is 7. The Bertz CT molecular complexity index is 1050. The number of ether oxygens (including phenoxy) is 5. The maximum absolute atomic E-state index is 12.3. The van der Waals surface area contributed by atoms with Gasteiger partial charge in [0.1, 0.15) is 18.5 Å². The molecule has 0 aliphatic carbocycles. The lowest BCUT2D eigenvalue weighted by atomic mass is 9.97. The minimum Gasteiger partial charge on any atom is -0.507 e. The van der Waals surface area contributed by atoms with Gasteiger partial charge < -0.3 is 34.1 Å². The summed E-state index contributed by atoms with van der Waals surface area (Å²) in [5.41, 5.74) is 4.64. The first kappa shape index (κ1) is 29.3. The summed E-state index contributed by atoms with van der Waals surface area (Å²) >= 11 is 5.17. The Morgan fingerprint density at radius 1 is 0.865 bits per heavy atom. The molecule has 1 heterocycles. The Labute approximate surface area is 216 Å². The minimum atomic E-state index is -1.40. The number of hydrogen-bond donors (Lipinski definition) is 4. The molecule has 14 nitrogen and oxygen atoms in total. The molecule has 0 radical (unpaired) electrons. The molecule has 4 N–H and O–H groups in total. The van der Waals surface area contributed by atoms with Gasteiger partial charge in [0.15, 0.2) is 29.7 Å². The molecule has 37 heavy (non-hydrogen) atoms. The van der Waals surface area contributed by atoms with Crippen LogP contribution in [0.3, 0.4) is 0 Å². The summed E-state index contributed by atoms with van der Waals surface area (Å²) in [5.74, 6) is -3.99. The summed E-state index contributed by atoms with van der Waals surface area (Å²) in [6.45, 7) is 4.02. The number of nitrogens with one attached hydrogen (secondary N) is 3. The van der Waals surface area contributed by atoms with Gasteiger partial charge in [-0.1, -0.05) is 12.1 Å². The molecule has 0 aromatic heterocycles. The number of para-hydroxylation sites is 1. The van der Waals surface area contributed by atoms with Crippen molar-refractivity contribution in [1.29, 1.82) is 0 Å². The Hall–Kier alpha value is -3.98. The van der Waals surface area contributed by atoms with E-state index in [1.54, 1.807) is 6.07 Å². The van der Waals surface area contributed by atoms with Crippen LogP contribution in [0, 0.1) is 0 Å². The van der Waals surface area contributed by atoms with Gasteiger partial charge in [-0.15, -0.1) is 0 Å². The van der Waals surface area contributed by atoms with Crippen molar-refractivity contribution in [2.24, 2.45) is 0 Å². The van der Waals surface area contributed by atoms with Gasteiger partial charge >= 0.3 is 23.9 Å². The largest absolute Gasteiger partial charge is 0.507 e. The van der Waals surface area contributed by atoms with Gasteiger partial charge in [0.25, 0.3) is 5.91 Å². The second-order valence-corrected chi connectivity index (χ2v) is 8.10. The molecule has 0 saturated carbocycles. The predicted molar refractivity (Wildman–Crippen MR) is 126 cm³/mol. The zero-order valence-electron chi connectivity index (χ0n) is 20.3. The van der Waals surface area contributed by atoms with Crippen LogP contribution in [0.5, 0.6) is 5.75 Å². The van der Waals surface area contributed by atoms with Gasteiger partial charge in [-0.2, -0.15) is 0 Å². The number of benzene rings is 1. The molecule has 15 heteroatoms. The van der Waals surface area contributed by atoms with E-state index in [2.05, 4.69) is 16.2 Å². The molecule has 2 rings (SSSR count). The monoisotopic (exact) mass is 541 g/mol. The fourth-order valence-corrected chi connectivity index (χ4v) is 3.52. The third-order valence-electron chi connectivity index (χ3n) is 4.70. The summed E-state index contributed by atoms with van der Waals surface area (Å²) in [4.78, 5) is 59.2. The van der Waals surface area contributed by atoms with Crippen LogP contribution in [0.15, 0.2) is 24.3 Å². The number of phenols is 1. The fourth-order valence-electron chi connectivity index (χ4n) is 3.36. The lowest BCUT2D eigenvalue weighted by Gasteiger charge is -2.44. The Morgan fingerprint density at radius 3 is 2.00 bits per heavy atom. The van der Waals surface area contributed by atoms with Crippen LogP contribution >= 0.6 is 12.2 Å². The van der Waals surface area contributed by atoms with Gasteiger partial charge in [-0.3, -0.25) is 34.8 Å². The van der Waals surface area contributed by atoms with E-state index in [-0.39, 0.29) is 16.4 Å². The number of amides is 1. The lowest BCUT2D eigenvalue weighted by Crippen LogP contribution is -2.67. The highest BCUT2D eigenvalue weighted by atomic mass is 32.1. The van der Waals surface area contributed by atoms with Crippen LogP contribution < -0.4 is 16.2 Å². The highest BCUT2D eigenvalue weighted by molar-refractivity contribution is 7.80. The van der Waals surface area contributed by atoms with Crippen molar-refractivity contribution in [2.45, 2.75) is 58.3 Å². The number of aromatic hydroxyl groups is 1. The maximum Gasteiger partial charge on any atom is 0.303 e. The SMILES string of the molecule is CC(=O)OC[C@H]1O[C@H](NC(=S)NNC(=O)c2ccccc2O)[C@@H](OC(C)=O)[C@H](OC(C)=O)[C@H]1OC(C)=O. The molecule has 1 aromatic carbocycles. The highest BCUT2D eigenvalue weighted by Crippen LogP contribution is 2.28. The van der Waals surface area contributed by atoms with Crippen molar-refractivity contribution in [1.82, 2.24) is 16.2 Å². The van der Waals surface area contributed by atoms with Gasteiger partial charge in [-0.25, -0.2) is 0 Å². The number of carbonyl (C=O) groups is 5. The molecule has 1 amide bonds. The van der Waals surface area contributed by atoms with E-state index in [4.69, 9.17) is 35.9 Å². The van der Waals surface area contributed by atoms with Crippen molar-refractivity contribution in [3.63, 3.8) is 0 Å². The van der Waals surface area contributed by atoms with E-state index in [0.717, 1.165) is 27.7 Å². The van der Waals surface area contributed by atoms with E-state index in [1.807, 2.05) is 0 Å². The van der Waals surface area contributed by atoms with Crippen LogP contribution in [0.2, 0.25) is 0 Å². The zero-order valence-corrected chi connectivity index (χ0v) is 21.2. The molecule has 0 unspecified atom stereocenters. The Balaban J connectivity index is 2.27. The van der Waals surface area contributed by atoms with Gasteiger partial charge in [0.05, 0.1) is 5.56 Å². The third-order valence-corrected chi connectivity index (χ3v) is 4.92. The first-order valence-corrected chi connectivity index (χ1v) is 11.2. The average Bonchev–Trinajstić information content (AvgIpc) is 2.79. The van der Waals surface area contributed by atoms with Crippen molar-refractivity contribution in [3.8, 4) is 5.75 Å². The molecular weight excluding hydrogens is 514 g/mol. The summed E-state index contributed by atoms with van der Waals surface area (Å²) < 4.78 is 26.7. The fraction of sp³-hybridized carbons (Fsp3) is 0.455. The highest BCUT2D eigenvalue weighted by Gasteiger charge is 2.52. The number of hydrogen-bond acceptors (Lipinski definition) is 12. The molecule has 0 spiro atoms. The van der Waals surface area contributed by atoms with Gasteiger partial charge in [0, 0.05) is 27.7 Å². The molecular formula is C22H27N3O11S. The van der Waals surface area contributed by atoms with Crippen molar-refractivity contribution < 1.29 is 52.8 Å². The Kier molecular flexibility index (Phi) is 10.6. The average molecular weight is 542 g/mol. The predicted octanol–water partition coefficient (Wildman–Crippen LogP) is -0.416. The second-order valence-electron chi connectivity index (χ2n) is 7.69. The third kappa shape index (κ3) is 8.88. The van der Waals surface area contributed by atoms with Crippen LogP contribution in [-0.2, 0) is 42.9 Å². The van der Waals surface area contributed by atoms with Gasteiger partial charge in [-0.05, 0) is 24.4 Å². The van der Waals surface area contributed by atoms with E-state index < -0.39 is 67.0 Å². The van der Waals surface area contributed by atoms with Crippen LogP contribution in [-0.4, -0.2) is 77.3 Å². The molecule has 1 aliphatic rings. The number of hydrazine groups is 1. The standard InChI is InChI=1S/C22H27N3O11S/c1-10(26)32-9-16-17(33-11(2)27)18(34-12(3)28)19(35-13(4)29)21(36-16)23-22(37)25-24-20(31)14-7-5-6-8-15(14)30/h5-8,16-19,21,30H,9H2,1-4H3,(H,24,31)(H2,23,25,37)/t16-,17+,18-,19+,21+/m1/s1. The lowest BCUT2D eigenvalue weighted by molar-refractivity contribution is -0.254. The number of phenolic OH excluding ortho intramolecular Hbond substituents is 1. The quantitative estimate of drug-likeness (QED) is 0.151. The van der Waals surface area contributed by atoms with Crippen molar-refractivity contribution in [2.75, 3.05) is 6.61 Å². The van der Waals surface area contributed by atoms with E-state index in [9.17, 15) is 29.1 Å². The van der Waals surface area contributed by atoms with E-state index in [1.165, 1.54) is 18.2 Å². The molecule has 5 atom stereocenters. The molecule has 1 fully saturated rings. The normalized spacial score (nSPS) is 22.5. The summed E-state index contributed by atoms with van der Waals surface area (Å²) in [5, 5.41) is 12.2. The minimum absolute atomic E-state index is 0.0369. The van der Waals surface area contributed by atoms with Crippen LogP contribution in [0.25, 0.3) is 0 Å². The summed E-state index contributed by atoms with van der Waals surface area (Å²) in [6, 6.07) is 5.78. The molecule has 1 saturated heterocycles. The first-order valence-electron chi connectivity index (χ1n) is 10.8. The van der Waals surface area contributed by atoms with E-state index >= 15 is 0 Å².